The van der Waals surface area contributed by atoms with E-state index in [4.69, 9.17) is 4.74 Å². The minimum atomic E-state index is -0.129. The van der Waals surface area contributed by atoms with Gasteiger partial charge in [-0.2, -0.15) is 0 Å². The zero-order chi connectivity index (χ0) is 25.4. The fourth-order valence-electron chi connectivity index (χ4n) is 5.21. The lowest BCUT2D eigenvalue weighted by molar-refractivity contribution is 0.155. The van der Waals surface area contributed by atoms with Crippen molar-refractivity contribution in [1.82, 2.24) is 10.2 Å². The van der Waals surface area contributed by atoms with Gasteiger partial charge in [-0.15, -0.1) is 0 Å². The van der Waals surface area contributed by atoms with Gasteiger partial charge in [0.05, 0.1) is 7.11 Å². The van der Waals surface area contributed by atoms with Crippen molar-refractivity contribution < 1.29 is 9.53 Å². The quantitative estimate of drug-likeness (QED) is 0.390. The van der Waals surface area contributed by atoms with Crippen LogP contribution in [0.5, 0.6) is 5.75 Å². The van der Waals surface area contributed by atoms with Gasteiger partial charge in [0.2, 0.25) is 0 Å². The molecule has 2 aromatic carbocycles. The van der Waals surface area contributed by atoms with Crippen molar-refractivity contribution in [2.24, 2.45) is 0 Å². The molecule has 0 aromatic heterocycles. The van der Waals surface area contributed by atoms with Crippen LogP contribution in [0, 0.1) is 0 Å². The molecular weight excluding hydrogens is 434 g/mol. The molecule has 0 bridgehead atoms. The van der Waals surface area contributed by atoms with Crippen LogP contribution >= 0.6 is 0 Å². The first-order valence-corrected chi connectivity index (χ1v) is 13.3. The Balaban J connectivity index is 1.79. The van der Waals surface area contributed by atoms with Gasteiger partial charge in [0.1, 0.15) is 5.75 Å². The molecule has 2 amide bonds. The lowest BCUT2D eigenvalue weighted by atomic mass is 9.72. The van der Waals surface area contributed by atoms with E-state index < -0.39 is 0 Å². The van der Waals surface area contributed by atoms with Crippen molar-refractivity contribution in [1.29, 1.82) is 0 Å². The summed E-state index contributed by atoms with van der Waals surface area (Å²) in [5.74, 6) is 1.53. The predicted molar refractivity (Wildman–Crippen MR) is 147 cm³/mol. The summed E-state index contributed by atoms with van der Waals surface area (Å²) in [6.45, 7) is 14.8. The second-order valence-electron chi connectivity index (χ2n) is 10.6. The number of hydrogen-bond donors (Lipinski definition) is 2. The zero-order valence-corrected chi connectivity index (χ0v) is 22.6. The Morgan fingerprint density at radius 2 is 1.66 bits per heavy atom. The lowest BCUT2D eigenvalue weighted by Crippen LogP contribution is -2.49. The number of urea groups is 1. The zero-order valence-electron chi connectivity index (χ0n) is 22.6. The van der Waals surface area contributed by atoms with Crippen molar-refractivity contribution in [3.8, 4) is 5.75 Å². The van der Waals surface area contributed by atoms with E-state index in [2.05, 4.69) is 86.6 Å². The highest BCUT2D eigenvalue weighted by Crippen LogP contribution is 2.37. The molecule has 1 aliphatic rings. The molecule has 35 heavy (non-hydrogen) atoms. The number of piperidine rings is 1. The third-order valence-corrected chi connectivity index (χ3v) is 7.52. The summed E-state index contributed by atoms with van der Waals surface area (Å²) in [5.41, 5.74) is 4.46. The van der Waals surface area contributed by atoms with Crippen LogP contribution in [0.2, 0.25) is 0 Å². The molecule has 1 fully saturated rings. The second kappa shape index (κ2) is 12.4. The summed E-state index contributed by atoms with van der Waals surface area (Å²) in [6, 6.07) is 14.6. The van der Waals surface area contributed by atoms with Crippen molar-refractivity contribution in [3.05, 3.63) is 59.2 Å². The standard InChI is InChI=1S/C30H45N3O2/c1-7-8-17-33-18-15-30(16-19-33,24-11-9-12-25(20-24)35-6)21-31-29(34)32-28-26(22(2)3)13-10-14-27(28)23(4)5/h9-14,20,22-23H,7-8,15-19,21H2,1-6H3,(H2,31,32,34). The number of carbonyl (C=O) groups is 1. The highest BCUT2D eigenvalue weighted by atomic mass is 16.5. The highest BCUT2D eigenvalue weighted by Gasteiger charge is 2.37. The summed E-state index contributed by atoms with van der Waals surface area (Å²) >= 11 is 0. The smallest absolute Gasteiger partial charge is 0.319 e. The summed E-state index contributed by atoms with van der Waals surface area (Å²) in [5, 5.41) is 6.48. The second-order valence-corrected chi connectivity index (χ2v) is 10.6. The molecule has 5 nitrogen and oxygen atoms in total. The Kier molecular flexibility index (Phi) is 9.62. The highest BCUT2D eigenvalue weighted by molar-refractivity contribution is 5.91. The Morgan fingerprint density at radius 1 is 1.03 bits per heavy atom. The predicted octanol–water partition coefficient (Wildman–Crippen LogP) is 6.90. The van der Waals surface area contributed by atoms with E-state index in [1.165, 1.54) is 29.5 Å². The maximum absolute atomic E-state index is 13.2. The molecule has 2 aromatic rings. The molecule has 5 heteroatoms. The number of hydrogen-bond acceptors (Lipinski definition) is 3. The molecule has 0 radical (unpaired) electrons. The van der Waals surface area contributed by atoms with Crippen molar-refractivity contribution in [3.63, 3.8) is 0 Å². The van der Waals surface area contributed by atoms with Gasteiger partial charge < -0.3 is 20.3 Å². The number of benzene rings is 2. The topological polar surface area (TPSA) is 53.6 Å². The number of rotatable bonds is 10. The largest absolute Gasteiger partial charge is 0.497 e. The SMILES string of the molecule is CCCCN1CCC(CNC(=O)Nc2c(C(C)C)cccc2C(C)C)(c2cccc(OC)c2)CC1. The first kappa shape index (κ1) is 27.1. The number of likely N-dealkylation sites (tertiary alicyclic amines) is 1. The van der Waals surface area contributed by atoms with E-state index in [0.717, 1.165) is 43.9 Å². The van der Waals surface area contributed by atoms with E-state index in [1.54, 1.807) is 7.11 Å². The fraction of sp³-hybridized carbons (Fsp3) is 0.567. The minimum Gasteiger partial charge on any atom is -0.497 e. The fourth-order valence-corrected chi connectivity index (χ4v) is 5.21. The van der Waals surface area contributed by atoms with Crippen LogP contribution in [-0.4, -0.2) is 44.2 Å². The molecule has 0 saturated carbocycles. The van der Waals surface area contributed by atoms with Gasteiger partial charge in [-0.05, 0) is 79.6 Å². The van der Waals surface area contributed by atoms with Crippen molar-refractivity contribution >= 4 is 11.7 Å². The summed E-state index contributed by atoms with van der Waals surface area (Å²) in [6.07, 6.45) is 4.49. The van der Waals surface area contributed by atoms with Crippen LogP contribution in [0.3, 0.4) is 0 Å². The average molecular weight is 480 g/mol. The number of ether oxygens (including phenoxy) is 1. The van der Waals surface area contributed by atoms with Gasteiger partial charge in [-0.25, -0.2) is 4.79 Å². The average Bonchev–Trinajstić information content (AvgIpc) is 2.86. The lowest BCUT2D eigenvalue weighted by Gasteiger charge is -2.42. The molecule has 0 aliphatic carbocycles. The van der Waals surface area contributed by atoms with Crippen LogP contribution in [-0.2, 0) is 5.41 Å². The van der Waals surface area contributed by atoms with Gasteiger partial charge in [0.15, 0.2) is 0 Å². The van der Waals surface area contributed by atoms with Gasteiger partial charge in [0, 0.05) is 17.6 Å². The van der Waals surface area contributed by atoms with E-state index in [0.29, 0.717) is 18.4 Å². The van der Waals surface area contributed by atoms with Crippen LogP contribution in [0.1, 0.15) is 88.8 Å². The maximum atomic E-state index is 13.2. The van der Waals surface area contributed by atoms with Crippen LogP contribution in [0.25, 0.3) is 0 Å². The van der Waals surface area contributed by atoms with E-state index in [1.807, 2.05) is 6.07 Å². The number of amides is 2. The third-order valence-electron chi connectivity index (χ3n) is 7.52. The van der Waals surface area contributed by atoms with E-state index in [-0.39, 0.29) is 11.4 Å². The Bertz CT molecular complexity index is 936. The first-order chi connectivity index (χ1) is 16.8. The molecule has 1 saturated heterocycles. The van der Waals surface area contributed by atoms with Crippen LogP contribution in [0.4, 0.5) is 10.5 Å². The van der Waals surface area contributed by atoms with E-state index in [9.17, 15) is 4.79 Å². The maximum Gasteiger partial charge on any atom is 0.319 e. The summed E-state index contributed by atoms with van der Waals surface area (Å²) < 4.78 is 5.53. The monoisotopic (exact) mass is 479 g/mol. The van der Waals surface area contributed by atoms with Crippen LogP contribution < -0.4 is 15.4 Å². The third kappa shape index (κ3) is 6.78. The molecular formula is C30H45N3O2. The molecule has 192 valence electrons. The Labute approximate surface area is 212 Å². The molecule has 1 aliphatic heterocycles. The van der Waals surface area contributed by atoms with Gasteiger partial charge in [0.25, 0.3) is 0 Å². The number of nitrogens with zero attached hydrogens (tertiary/aromatic N) is 1. The molecule has 0 spiro atoms. The summed E-state index contributed by atoms with van der Waals surface area (Å²) in [7, 11) is 1.71. The van der Waals surface area contributed by atoms with Crippen molar-refractivity contribution in [2.45, 2.75) is 77.6 Å². The first-order valence-electron chi connectivity index (χ1n) is 13.3. The molecule has 1 heterocycles. The molecule has 3 rings (SSSR count). The van der Waals surface area contributed by atoms with Gasteiger partial charge in [-0.1, -0.05) is 71.4 Å². The number of para-hydroxylation sites is 1. The van der Waals surface area contributed by atoms with Gasteiger partial charge in [-0.3, -0.25) is 0 Å². The number of methoxy groups -OCH3 is 1. The number of anilines is 1. The molecule has 0 atom stereocenters. The number of unbranched alkanes of at least 4 members (excludes halogenated alkanes) is 1. The Hall–Kier alpha value is -2.53. The summed E-state index contributed by atoms with van der Waals surface area (Å²) in [4.78, 5) is 15.8. The molecule has 2 N–H and O–H groups in total. The van der Waals surface area contributed by atoms with E-state index >= 15 is 0 Å². The number of carbonyl (C=O) groups excluding carboxylic acids is 1. The van der Waals surface area contributed by atoms with Crippen LogP contribution in [0.15, 0.2) is 42.5 Å². The Morgan fingerprint density at radius 3 is 2.23 bits per heavy atom. The number of nitrogens with one attached hydrogen (secondary N) is 2. The minimum absolute atomic E-state index is 0.104. The van der Waals surface area contributed by atoms with Gasteiger partial charge >= 0.3 is 6.03 Å². The van der Waals surface area contributed by atoms with Crippen molar-refractivity contribution in [2.75, 3.05) is 38.6 Å². The normalized spacial score (nSPS) is 15.9. The molecule has 0 unspecified atom stereocenters.